The van der Waals surface area contributed by atoms with Gasteiger partial charge in [0.15, 0.2) is 0 Å². The van der Waals surface area contributed by atoms with Crippen LogP contribution in [0.1, 0.15) is 20.3 Å². The van der Waals surface area contributed by atoms with Crippen molar-refractivity contribution >= 4 is 34.5 Å². The third-order valence-electron chi connectivity index (χ3n) is 3.37. The fourth-order valence-electron chi connectivity index (χ4n) is 2.05. The van der Waals surface area contributed by atoms with E-state index >= 15 is 0 Å². The monoisotopic (exact) mass is 266 g/mol. The van der Waals surface area contributed by atoms with Gasteiger partial charge in [-0.2, -0.15) is 0 Å². The number of anilines is 1. The Hall–Kier alpha value is -1.75. The molecule has 0 saturated heterocycles. The molecular formula is C12H15ClN4O. The predicted molar refractivity (Wildman–Crippen MR) is 72.3 cm³/mol. The van der Waals surface area contributed by atoms with Crippen LogP contribution in [-0.4, -0.2) is 15.5 Å². The topological polar surface area (TPSA) is 86.9 Å². The number of imidazole rings is 1. The van der Waals surface area contributed by atoms with E-state index < -0.39 is 11.4 Å². The average molecular weight is 267 g/mol. The van der Waals surface area contributed by atoms with Gasteiger partial charge in [-0.15, -0.1) is 0 Å². The van der Waals surface area contributed by atoms with E-state index in [9.17, 15) is 4.79 Å². The van der Waals surface area contributed by atoms with Crippen LogP contribution in [0.15, 0.2) is 18.2 Å². The second-order valence-corrected chi connectivity index (χ2v) is 4.81. The number of halogens is 1. The van der Waals surface area contributed by atoms with Gasteiger partial charge in [-0.05, 0) is 25.5 Å². The molecule has 0 radical (unpaired) electrons. The number of hydrogen-bond acceptors (Lipinski definition) is 3. The highest BCUT2D eigenvalue weighted by Crippen LogP contribution is 2.33. The van der Waals surface area contributed by atoms with E-state index in [1.54, 1.807) is 29.7 Å². The van der Waals surface area contributed by atoms with Gasteiger partial charge in [0.25, 0.3) is 0 Å². The van der Waals surface area contributed by atoms with Gasteiger partial charge < -0.3 is 11.5 Å². The van der Waals surface area contributed by atoms with Crippen LogP contribution in [-0.2, 0) is 10.3 Å². The highest BCUT2D eigenvalue weighted by Gasteiger charge is 2.35. The first-order valence-electron chi connectivity index (χ1n) is 5.64. The van der Waals surface area contributed by atoms with Gasteiger partial charge in [0.05, 0.1) is 16.1 Å². The molecule has 0 saturated carbocycles. The number of benzene rings is 1. The minimum atomic E-state index is -0.941. The molecule has 0 fully saturated rings. The van der Waals surface area contributed by atoms with Crippen molar-refractivity contribution in [3.63, 3.8) is 0 Å². The molecule has 0 aliphatic heterocycles. The number of amides is 1. The number of rotatable bonds is 3. The number of carbonyl (C=O) groups is 1. The summed E-state index contributed by atoms with van der Waals surface area (Å²) in [5.74, 6) is -0.225. The van der Waals surface area contributed by atoms with Gasteiger partial charge >= 0.3 is 0 Å². The Labute approximate surface area is 110 Å². The third-order valence-corrected chi connectivity index (χ3v) is 3.67. The van der Waals surface area contributed by atoms with Gasteiger partial charge in [-0.3, -0.25) is 9.36 Å². The zero-order valence-corrected chi connectivity index (χ0v) is 11.0. The molecule has 4 N–H and O–H groups in total. The van der Waals surface area contributed by atoms with E-state index in [2.05, 4.69) is 4.98 Å². The number of nitrogens with zero attached hydrogens (tertiary/aromatic N) is 2. The molecule has 1 amide bonds. The lowest BCUT2D eigenvalue weighted by molar-refractivity contribution is -0.125. The van der Waals surface area contributed by atoms with Crippen molar-refractivity contribution in [3.05, 3.63) is 23.2 Å². The molecule has 1 aromatic carbocycles. The SMILES string of the molecule is CCC(C)(C(N)=O)n1c(N)nc2cccc(Cl)c21. The van der Waals surface area contributed by atoms with Crippen molar-refractivity contribution in [1.82, 2.24) is 9.55 Å². The average Bonchev–Trinajstić information content (AvgIpc) is 2.66. The molecule has 0 spiro atoms. The number of carbonyl (C=O) groups excluding carboxylic acids is 1. The van der Waals surface area contributed by atoms with Crippen LogP contribution < -0.4 is 11.5 Å². The van der Waals surface area contributed by atoms with Crippen LogP contribution in [0.25, 0.3) is 11.0 Å². The summed E-state index contributed by atoms with van der Waals surface area (Å²) in [4.78, 5) is 16.0. The molecule has 1 aromatic heterocycles. The van der Waals surface area contributed by atoms with Gasteiger partial charge in [0, 0.05) is 0 Å². The predicted octanol–water partition coefficient (Wildman–Crippen LogP) is 1.88. The number of primary amides is 1. The normalized spacial score (nSPS) is 14.6. The van der Waals surface area contributed by atoms with Crippen LogP contribution in [0, 0.1) is 0 Å². The second-order valence-electron chi connectivity index (χ2n) is 4.40. The summed E-state index contributed by atoms with van der Waals surface area (Å²) in [5, 5.41) is 0.498. The minimum absolute atomic E-state index is 0.237. The number of hydrogen-bond donors (Lipinski definition) is 2. The Morgan fingerprint density at radius 2 is 2.22 bits per heavy atom. The number of para-hydroxylation sites is 1. The van der Waals surface area contributed by atoms with Gasteiger partial charge in [-0.1, -0.05) is 24.6 Å². The van der Waals surface area contributed by atoms with Gasteiger partial charge in [0.2, 0.25) is 11.9 Å². The first-order chi connectivity index (χ1) is 8.41. The molecule has 1 unspecified atom stereocenters. The van der Waals surface area contributed by atoms with Crippen molar-refractivity contribution in [2.24, 2.45) is 5.73 Å². The van der Waals surface area contributed by atoms with Crippen LogP contribution in [0.3, 0.4) is 0 Å². The molecule has 18 heavy (non-hydrogen) atoms. The molecular weight excluding hydrogens is 252 g/mol. The molecule has 0 bridgehead atoms. The van der Waals surface area contributed by atoms with Crippen molar-refractivity contribution in [1.29, 1.82) is 0 Å². The zero-order chi connectivity index (χ0) is 13.5. The molecule has 0 aliphatic rings. The van der Waals surface area contributed by atoms with Crippen LogP contribution >= 0.6 is 11.6 Å². The Bertz CT molecular complexity index is 622. The standard InChI is InChI=1S/C12H15ClN4O/c1-3-12(2,10(14)18)17-9-7(13)5-4-6-8(9)16-11(17)15/h4-6H,3H2,1-2H3,(H2,14,18)(H2,15,16). The van der Waals surface area contributed by atoms with E-state index in [0.717, 1.165) is 0 Å². The molecule has 1 heterocycles. The second kappa shape index (κ2) is 4.17. The Kier molecular flexibility index (Phi) is 2.94. The van der Waals surface area contributed by atoms with Crippen molar-refractivity contribution in [2.75, 3.05) is 5.73 Å². The quantitative estimate of drug-likeness (QED) is 0.889. The lowest BCUT2D eigenvalue weighted by Gasteiger charge is -2.28. The minimum Gasteiger partial charge on any atom is -0.369 e. The van der Waals surface area contributed by atoms with E-state index in [-0.39, 0.29) is 5.95 Å². The van der Waals surface area contributed by atoms with Crippen LogP contribution in [0.4, 0.5) is 5.95 Å². The van der Waals surface area contributed by atoms with Crippen molar-refractivity contribution in [2.45, 2.75) is 25.8 Å². The van der Waals surface area contributed by atoms with E-state index in [0.29, 0.717) is 22.5 Å². The van der Waals surface area contributed by atoms with Crippen LogP contribution in [0.2, 0.25) is 5.02 Å². The van der Waals surface area contributed by atoms with Gasteiger partial charge in [0.1, 0.15) is 5.54 Å². The number of nitrogens with two attached hydrogens (primary N) is 2. The van der Waals surface area contributed by atoms with Crippen molar-refractivity contribution < 1.29 is 4.79 Å². The molecule has 96 valence electrons. The largest absolute Gasteiger partial charge is 0.369 e. The highest BCUT2D eigenvalue weighted by atomic mass is 35.5. The third kappa shape index (κ3) is 1.62. The molecule has 6 heteroatoms. The van der Waals surface area contributed by atoms with E-state index in [1.807, 2.05) is 6.92 Å². The molecule has 5 nitrogen and oxygen atoms in total. The van der Waals surface area contributed by atoms with E-state index in [1.165, 1.54) is 0 Å². The maximum atomic E-state index is 11.7. The van der Waals surface area contributed by atoms with Gasteiger partial charge in [-0.25, -0.2) is 4.98 Å². The number of fused-ring (bicyclic) bond motifs is 1. The smallest absolute Gasteiger partial charge is 0.243 e. The summed E-state index contributed by atoms with van der Waals surface area (Å²) in [7, 11) is 0. The number of nitrogen functional groups attached to an aromatic ring is 1. The Balaban J connectivity index is 2.86. The Morgan fingerprint density at radius 1 is 1.56 bits per heavy atom. The van der Waals surface area contributed by atoms with Crippen LogP contribution in [0.5, 0.6) is 0 Å². The summed E-state index contributed by atoms with van der Waals surface area (Å²) in [5.41, 5.74) is 11.8. The summed E-state index contributed by atoms with van der Waals surface area (Å²) in [6.45, 7) is 3.60. The Morgan fingerprint density at radius 3 is 2.78 bits per heavy atom. The molecule has 0 aliphatic carbocycles. The first-order valence-corrected chi connectivity index (χ1v) is 6.02. The summed E-state index contributed by atoms with van der Waals surface area (Å²) >= 11 is 6.17. The highest BCUT2D eigenvalue weighted by molar-refractivity contribution is 6.35. The molecule has 2 rings (SSSR count). The first kappa shape index (κ1) is 12.7. The maximum absolute atomic E-state index is 11.7. The molecule has 1 atom stereocenters. The van der Waals surface area contributed by atoms with Crippen molar-refractivity contribution in [3.8, 4) is 0 Å². The molecule has 2 aromatic rings. The summed E-state index contributed by atoms with van der Waals surface area (Å²) < 4.78 is 1.62. The van der Waals surface area contributed by atoms with E-state index in [4.69, 9.17) is 23.1 Å². The number of aromatic nitrogens is 2. The summed E-state index contributed by atoms with van der Waals surface area (Å²) in [6, 6.07) is 5.32. The maximum Gasteiger partial charge on any atom is 0.243 e. The zero-order valence-electron chi connectivity index (χ0n) is 10.3. The fourth-order valence-corrected chi connectivity index (χ4v) is 2.30. The lowest BCUT2D eigenvalue weighted by Crippen LogP contribution is -2.43. The fraction of sp³-hybridized carbons (Fsp3) is 0.333. The lowest BCUT2D eigenvalue weighted by atomic mass is 9.97. The summed E-state index contributed by atoms with van der Waals surface area (Å²) in [6.07, 6.45) is 0.503.